The van der Waals surface area contributed by atoms with Crippen LogP contribution in [0.3, 0.4) is 0 Å². The van der Waals surface area contributed by atoms with Gasteiger partial charge in [0.1, 0.15) is 12.7 Å². The third-order valence-corrected chi connectivity index (χ3v) is 3.22. The van der Waals surface area contributed by atoms with E-state index < -0.39 is 6.09 Å². The number of amides is 1. The fraction of sp³-hybridized carbons (Fsp3) is 0.533. The summed E-state index contributed by atoms with van der Waals surface area (Å²) in [6.07, 6.45) is 0.375. The first-order valence-corrected chi connectivity index (χ1v) is 6.97. The fourth-order valence-corrected chi connectivity index (χ4v) is 2.14. The maximum absolute atomic E-state index is 11.6. The van der Waals surface area contributed by atoms with Crippen LogP contribution in [0.2, 0.25) is 0 Å². The molecule has 1 amide bonds. The minimum Gasteiger partial charge on any atom is -0.445 e. The number of nitrogens with one attached hydrogen (secondary N) is 1. The van der Waals surface area contributed by atoms with Gasteiger partial charge in [0.25, 0.3) is 0 Å². The minimum atomic E-state index is -0.433. The molecule has 0 radical (unpaired) electrons. The highest BCUT2D eigenvalue weighted by Gasteiger charge is 2.25. The van der Waals surface area contributed by atoms with Gasteiger partial charge in [0.15, 0.2) is 0 Å². The second kappa shape index (κ2) is 7.87. The van der Waals surface area contributed by atoms with E-state index in [1.165, 1.54) is 0 Å². The lowest BCUT2D eigenvalue weighted by molar-refractivity contribution is -0.138. The van der Waals surface area contributed by atoms with E-state index in [2.05, 4.69) is 5.32 Å². The maximum Gasteiger partial charge on any atom is 0.407 e. The molecule has 110 valence electrons. The molecule has 0 spiro atoms. The fourth-order valence-electron chi connectivity index (χ4n) is 2.14. The van der Waals surface area contributed by atoms with E-state index in [4.69, 9.17) is 14.2 Å². The van der Waals surface area contributed by atoms with E-state index in [1.54, 1.807) is 0 Å². The number of carbonyl (C=O) groups excluding carboxylic acids is 1. The first kappa shape index (κ1) is 14.8. The van der Waals surface area contributed by atoms with Crippen molar-refractivity contribution in [1.29, 1.82) is 0 Å². The monoisotopic (exact) mass is 279 g/mol. The summed E-state index contributed by atoms with van der Waals surface area (Å²) in [4.78, 5) is 11.6. The Morgan fingerprint density at radius 2 is 1.95 bits per heavy atom. The highest BCUT2D eigenvalue weighted by Crippen LogP contribution is 2.12. The summed E-state index contributed by atoms with van der Waals surface area (Å²) in [5.74, 6) is 0. The topological polar surface area (TPSA) is 56.8 Å². The van der Waals surface area contributed by atoms with Gasteiger partial charge < -0.3 is 19.5 Å². The molecule has 1 aliphatic heterocycles. The average molecular weight is 279 g/mol. The van der Waals surface area contributed by atoms with Gasteiger partial charge in [0.05, 0.1) is 19.3 Å². The maximum atomic E-state index is 11.6. The molecule has 1 aliphatic rings. The van der Waals surface area contributed by atoms with Crippen LogP contribution in [-0.2, 0) is 20.8 Å². The van der Waals surface area contributed by atoms with Crippen molar-refractivity contribution >= 4 is 6.09 Å². The van der Waals surface area contributed by atoms with Crippen molar-refractivity contribution < 1.29 is 19.0 Å². The SMILES string of the molecule is CCC1OCCOC1CNC(=O)OCc1ccccc1. The molecule has 1 aromatic rings. The van der Waals surface area contributed by atoms with Gasteiger partial charge in [-0.25, -0.2) is 4.79 Å². The van der Waals surface area contributed by atoms with Crippen LogP contribution in [0.25, 0.3) is 0 Å². The molecular formula is C15H21NO4. The van der Waals surface area contributed by atoms with E-state index in [-0.39, 0.29) is 18.8 Å². The first-order valence-electron chi connectivity index (χ1n) is 6.97. The lowest BCUT2D eigenvalue weighted by Gasteiger charge is -2.31. The summed E-state index contributed by atoms with van der Waals surface area (Å²) >= 11 is 0. The molecular weight excluding hydrogens is 258 g/mol. The zero-order valence-electron chi connectivity index (χ0n) is 11.7. The molecule has 2 unspecified atom stereocenters. The average Bonchev–Trinajstić information content (AvgIpc) is 2.52. The van der Waals surface area contributed by atoms with E-state index >= 15 is 0 Å². The van der Waals surface area contributed by atoms with Crippen LogP contribution in [0.4, 0.5) is 4.79 Å². The normalized spacial score (nSPS) is 22.2. The summed E-state index contributed by atoms with van der Waals surface area (Å²) < 4.78 is 16.3. The number of ether oxygens (including phenoxy) is 3. The molecule has 2 atom stereocenters. The summed E-state index contributed by atoms with van der Waals surface area (Å²) in [5.41, 5.74) is 0.964. The van der Waals surface area contributed by atoms with Crippen molar-refractivity contribution in [2.24, 2.45) is 0 Å². The Labute approximate surface area is 119 Å². The zero-order chi connectivity index (χ0) is 14.2. The van der Waals surface area contributed by atoms with Gasteiger partial charge in [-0.15, -0.1) is 0 Å². The summed E-state index contributed by atoms with van der Waals surface area (Å²) in [7, 11) is 0. The van der Waals surface area contributed by atoms with Gasteiger partial charge in [-0.2, -0.15) is 0 Å². The summed E-state index contributed by atoms with van der Waals surface area (Å²) in [5, 5.41) is 2.72. The Morgan fingerprint density at radius 1 is 1.25 bits per heavy atom. The van der Waals surface area contributed by atoms with Gasteiger partial charge in [-0.1, -0.05) is 37.3 Å². The van der Waals surface area contributed by atoms with Crippen LogP contribution >= 0.6 is 0 Å². The molecule has 0 aliphatic carbocycles. The molecule has 0 aromatic heterocycles. The predicted molar refractivity (Wildman–Crippen MR) is 74.4 cm³/mol. The van der Waals surface area contributed by atoms with E-state index in [9.17, 15) is 4.79 Å². The zero-order valence-corrected chi connectivity index (χ0v) is 11.7. The van der Waals surface area contributed by atoms with Crippen LogP contribution in [0.15, 0.2) is 30.3 Å². The second-order valence-electron chi connectivity index (χ2n) is 4.67. The van der Waals surface area contributed by atoms with Gasteiger partial charge in [-0.05, 0) is 12.0 Å². The second-order valence-corrected chi connectivity index (χ2v) is 4.67. The van der Waals surface area contributed by atoms with Gasteiger partial charge >= 0.3 is 6.09 Å². The van der Waals surface area contributed by atoms with E-state index in [0.717, 1.165) is 12.0 Å². The molecule has 1 fully saturated rings. The lowest BCUT2D eigenvalue weighted by atomic mass is 10.1. The minimum absolute atomic E-state index is 0.0400. The van der Waals surface area contributed by atoms with Gasteiger partial charge in [0.2, 0.25) is 0 Å². The predicted octanol–water partition coefficient (Wildman–Crippen LogP) is 2.11. The van der Waals surface area contributed by atoms with Crippen molar-refractivity contribution in [3.05, 3.63) is 35.9 Å². The third-order valence-electron chi connectivity index (χ3n) is 3.22. The summed E-state index contributed by atoms with van der Waals surface area (Å²) in [6, 6.07) is 9.58. The van der Waals surface area contributed by atoms with Gasteiger partial charge in [0, 0.05) is 6.54 Å². The quantitative estimate of drug-likeness (QED) is 0.897. The molecule has 0 saturated carbocycles. The van der Waals surface area contributed by atoms with Crippen LogP contribution in [0, 0.1) is 0 Å². The van der Waals surface area contributed by atoms with E-state index in [1.807, 2.05) is 37.3 Å². The first-order chi connectivity index (χ1) is 9.79. The third kappa shape index (κ3) is 4.51. The number of carbonyl (C=O) groups is 1. The van der Waals surface area contributed by atoms with E-state index in [0.29, 0.717) is 19.8 Å². The Hall–Kier alpha value is -1.59. The molecule has 1 aromatic carbocycles. The molecule has 0 bridgehead atoms. The molecule has 2 rings (SSSR count). The number of hydrogen-bond acceptors (Lipinski definition) is 4. The molecule has 5 nitrogen and oxygen atoms in total. The molecule has 5 heteroatoms. The highest BCUT2D eigenvalue weighted by molar-refractivity contribution is 5.67. The van der Waals surface area contributed by atoms with Crippen LogP contribution in [-0.4, -0.2) is 38.1 Å². The Morgan fingerprint density at radius 3 is 2.65 bits per heavy atom. The van der Waals surface area contributed by atoms with Crippen LogP contribution in [0.5, 0.6) is 0 Å². The highest BCUT2D eigenvalue weighted by atomic mass is 16.6. The number of benzene rings is 1. The summed E-state index contributed by atoms with van der Waals surface area (Å²) in [6.45, 7) is 3.91. The molecule has 20 heavy (non-hydrogen) atoms. The molecule has 1 N–H and O–H groups in total. The Kier molecular flexibility index (Phi) is 5.83. The van der Waals surface area contributed by atoms with Crippen molar-refractivity contribution in [2.75, 3.05) is 19.8 Å². The number of rotatable bonds is 5. The van der Waals surface area contributed by atoms with Crippen molar-refractivity contribution in [3.63, 3.8) is 0 Å². The standard InChI is InChI=1S/C15H21NO4/c1-2-13-14(19-9-8-18-13)10-16-15(17)20-11-12-6-4-3-5-7-12/h3-7,13-14H,2,8-11H2,1H3,(H,16,17). The van der Waals surface area contributed by atoms with Crippen molar-refractivity contribution in [2.45, 2.75) is 32.2 Å². The largest absolute Gasteiger partial charge is 0.445 e. The molecule has 1 saturated heterocycles. The number of alkyl carbamates (subject to hydrolysis) is 1. The Balaban J connectivity index is 1.69. The van der Waals surface area contributed by atoms with Crippen LogP contribution < -0.4 is 5.32 Å². The van der Waals surface area contributed by atoms with Crippen molar-refractivity contribution in [1.82, 2.24) is 5.32 Å². The Bertz CT molecular complexity index is 410. The van der Waals surface area contributed by atoms with Crippen molar-refractivity contribution in [3.8, 4) is 0 Å². The number of hydrogen-bond donors (Lipinski definition) is 1. The molecule has 1 heterocycles. The van der Waals surface area contributed by atoms with Gasteiger partial charge in [-0.3, -0.25) is 0 Å². The lowest BCUT2D eigenvalue weighted by Crippen LogP contribution is -2.45. The van der Waals surface area contributed by atoms with Crippen LogP contribution in [0.1, 0.15) is 18.9 Å². The smallest absolute Gasteiger partial charge is 0.407 e.